The number of rotatable bonds is 1. The summed E-state index contributed by atoms with van der Waals surface area (Å²) >= 11 is 3.85. The molecule has 2 nitrogen and oxygen atoms in total. The molecule has 0 spiro atoms. The maximum absolute atomic E-state index is 3.85. The number of aryl methyl sites for hydroxylation is 3. The number of nitrogens with one attached hydrogen (secondary N) is 1. The fourth-order valence-corrected chi connectivity index (χ4v) is 4.26. The molecule has 1 N–H and O–H groups in total. The van der Waals surface area contributed by atoms with Gasteiger partial charge in [0.2, 0.25) is 0 Å². The fraction of sp³-hybridized carbons (Fsp3) is 0.500. The quantitative estimate of drug-likeness (QED) is 0.839. The summed E-state index contributed by atoms with van der Waals surface area (Å²) in [4.78, 5) is 0. The highest BCUT2D eigenvalue weighted by molar-refractivity contribution is 9.10. The molecular weight excluding hydrogens is 300 g/mol. The molecule has 2 heterocycles. The lowest BCUT2D eigenvalue weighted by atomic mass is 9.96. The molecule has 1 aliphatic rings. The molecule has 0 bridgehead atoms. The largest absolute Gasteiger partial charge is 0.346 e. The summed E-state index contributed by atoms with van der Waals surface area (Å²) in [7, 11) is 2.21. The minimum Gasteiger partial charge on any atom is -0.346 e. The maximum Gasteiger partial charge on any atom is 0.0524 e. The van der Waals surface area contributed by atoms with Crippen LogP contribution in [0.1, 0.15) is 35.6 Å². The van der Waals surface area contributed by atoms with Crippen molar-refractivity contribution < 1.29 is 0 Å². The Morgan fingerprint density at radius 3 is 2.79 bits per heavy atom. The highest BCUT2D eigenvalue weighted by atomic mass is 79.9. The highest BCUT2D eigenvalue weighted by Crippen LogP contribution is 2.38. The average Bonchev–Trinajstić information content (AvgIpc) is 2.67. The van der Waals surface area contributed by atoms with Crippen LogP contribution in [0.4, 0.5) is 0 Å². The van der Waals surface area contributed by atoms with Crippen LogP contribution in [0.15, 0.2) is 16.6 Å². The number of piperidine rings is 1. The molecule has 0 saturated carbocycles. The molecule has 0 radical (unpaired) electrons. The van der Waals surface area contributed by atoms with E-state index in [4.69, 9.17) is 0 Å². The molecule has 1 unspecified atom stereocenters. The Morgan fingerprint density at radius 1 is 1.32 bits per heavy atom. The van der Waals surface area contributed by atoms with Crippen LogP contribution in [0.25, 0.3) is 10.9 Å². The van der Waals surface area contributed by atoms with Crippen LogP contribution in [-0.4, -0.2) is 17.7 Å². The zero-order chi connectivity index (χ0) is 13.6. The van der Waals surface area contributed by atoms with Gasteiger partial charge in [-0.15, -0.1) is 0 Å². The molecule has 102 valence electrons. The van der Waals surface area contributed by atoms with Crippen molar-refractivity contribution in [2.24, 2.45) is 7.05 Å². The third-order valence-electron chi connectivity index (χ3n) is 4.54. The Balaban J connectivity index is 2.22. The van der Waals surface area contributed by atoms with Gasteiger partial charge >= 0.3 is 0 Å². The van der Waals surface area contributed by atoms with E-state index < -0.39 is 0 Å². The first kappa shape index (κ1) is 13.2. The first-order valence-corrected chi connectivity index (χ1v) is 7.85. The Labute approximate surface area is 123 Å². The van der Waals surface area contributed by atoms with Gasteiger partial charge in [-0.05, 0) is 60.3 Å². The Bertz CT molecular complexity index is 621. The van der Waals surface area contributed by atoms with Gasteiger partial charge in [0, 0.05) is 35.1 Å². The van der Waals surface area contributed by atoms with Crippen molar-refractivity contribution in [3.8, 4) is 0 Å². The van der Waals surface area contributed by atoms with Gasteiger partial charge in [-0.1, -0.05) is 12.1 Å². The van der Waals surface area contributed by atoms with Gasteiger partial charge in [-0.25, -0.2) is 0 Å². The van der Waals surface area contributed by atoms with Crippen LogP contribution in [0.2, 0.25) is 0 Å². The predicted octanol–water partition coefficient (Wildman–Crippen LogP) is 4.02. The van der Waals surface area contributed by atoms with Gasteiger partial charge in [0.15, 0.2) is 0 Å². The number of hydrogen-bond donors (Lipinski definition) is 1. The number of nitrogens with zero attached hydrogens (tertiary/aromatic N) is 1. The van der Waals surface area contributed by atoms with Crippen LogP contribution < -0.4 is 5.32 Å². The van der Waals surface area contributed by atoms with Crippen LogP contribution in [-0.2, 0) is 7.05 Å². The van der Waals surface area contributed by atoms with E-state index in [1.54, 1.807) is 0 Å². The van der Waals surface area contributed by atoms with E-state index in [1.807, 2.05) is 0 Å². The lowest BCUT2D eigenvalue weighted by Crippen LogP contribution is -2.29. The molecule has 0 amide bonds. The van der Waals surface area contributed by atoms with Crippen LogP contribution in [0, 0.1) is 13.8 Å². The van der Waals surface area contributed by atoms with Crippen molar-refractivity contribution in [1.29, 1.82) is 0 Å². The summed E-state index contributed by atoms with van der Waals surface area (Å²) in [5.41, 5.74) is 5.60. The molecule has 1 atom stereocenters. The summed E-state index contributed by atoms with van der Waals surface area (Å²) in [5.74, 6) is 0.625. The summed E-state index contributed by atoms with van der Waals surface area (Å²) in [6.07, 6.45) is 2.56. The third-order valence-corrected chi connectivity index (χ3v) is 5.38. The van der Waals surface area contributed by atoms with Crippen LogP contribution in [0.5, 0.6) is 0 Å². The van der Waals surface area contributed by atoms with Gasteiger partial charge < -0.3 is 9.88 Å². The van der Waals surface area contributed by atoms with E-state index in [0.717, 1.165) is 13.1 Å². The van der Waals surface area contributed by atoms with Gasteiger partial charge in [0.05, 0.1) is 5.52 Å². The zero-order valence-corrected chi connectivity index (χ0v) is 13.5. The molecular formula is C16H21BrN2. The molecule has 3 heteroatoms. The second kappa shape index (κ2) is 4.95. The summed E-state index contributed by atoms with van der Waals surface area (Å²) in [6.45, 7) is 6.68. The number of aromatic nitrogens is 1. The van der Waals surface area contributed by atoms with Crippen molar-refractivity contribution in [3.05, 3.63) is 33.4 Å². The van der Waals surface area contributed by atoms with E-state index in [-0.39, 0.29) is 0 Å². The minimum absolute atomic E-state index is 0.625. The van der Waals surface area contributed by atoms with Crippen molar-refractivity contribution in [2.75, 3.05) is 13.1 Å². The predicted molar refractivity (Wildman–Crippen MR) is 84.9 cm³/mol. The monoisotopic (exact) mass is 320 g/mol. The number of halogens is 1. The SMILES string of the molecule is Cc1ccc2c(Br)c(C3CCCNC3)n(C)c2c1C. The summed E-state index contributed by atoms with van der Waals surface area (Å²) < 4.78 is 3.70. The number of hydrogen-bond acceptors (Lipinski definition) is 1. The minimum atomic E-state index is 0.625. The van der Waals surface area contributed by atoms with Crippen molar-refractivity contribution in [2.45, 2.75) is 32.6 Å². The van der Waals surface area contributed by atoms with Gasteiger partial charge in [0.1, 0.15) is 0 Å². The van der Waals surface area contributed by atoms with E-state index in [1.165, 1.54) is 45.0 Å². The highest BCUT2D eigenvalue weighted by Gasteiger charge is 2.24. The Morgan fingerprint density at radius 2 is 2.11 bits per heavy atom. The third kappa shape index (κ3) is 2.03. The maximum atomic E-state index is 3.85. The number of benzene rings is 1. The second-order valence-corrected chi connectivity index (χ2v) is 6.50. The smallest absolute Gasteiger partial charge is 0.0524 e. The lowest BCUT2D eigenvalue weighted by Gasteiger charge is -2.24. The molecule has 1 aromatic carbocycles. The first-order valence-electron chi connectivity index (χ1n) is 7.06. The molecule has 1 aromatic heterocycles. The van der Waals surface area contributed by atoms with Gasteiger partial charge in [0.25, 0.3) is 0 Å². The van der Waals surface area contributed by atoms with E-state index in [0.29, 0.717) is 5.92 Å². The van der Waals surface area contributed by atoms with Crippen LogP contribution in [0.3, 0.4) is 0 Å². The van der Waals surface area contributed by atoms with E-state index in [2.05, 4.69) is 58.8 Å². The Kier molecular flexibility index (Phi) is 3.44. The molecule has 1 saturated heterocycles. The molecule has 2 aromatic rings. The standard InChI is InChI=1S/C16H21BrN2/c1-10-6-7-13-14(17)16(12-5-4-8-18-9-12)19(3)15(13)11(10)2/h6-7,12,18H,4-5,8-9H2,1-3H3. The first-order chi connectivity index (χ1) is 9.11. The molecule has 1 aliphatic heterocycles. The molecule has 19 heavy (non-hydrogen) atoms. The zero-order valence-electron chi connectivity index (χ0n) is 11.9. The van der Waals surface area contributed by atoms with E-state index in [9.17, 15) is 0 Å². The van der Waals surface area contributed by atoms with Crippen LogP contribution >= 0.6 is 15.9 Å². The summed E-state index contributed by atoms with van der Waals surface area (Å²) in [6, 6.07) is 4.48. The Hall–Kier alpha value is -0.800. The molecule has 3 rings (SSSR count). The fourth-order valence-electron chi connectivity index (χ4n) is 3.35. The van der Waals surface area contributed by atoms with Crippen molar-refractivity contribution >= 4 is 26.8 Å². The molecule has 1 fully saturated rings. The van der Waals surface area contributed by atoms with Gasteiger partial charge in [-0.2, -0.15) is 0 Å². The lowest BCUT2D eigenvalue weighted by molar-refractivity contribution is 0.447. The van der Waals surface area contributed by atoms with Crippen molar-refractivity contribution in [3.63, 3.8) is 0 Å². The summed E-state index contributed by atoms with van der Waals surface area (Å²) in [5, 5.41) is 4.88. The topological polar surface area (TPSA) is 17.0 Å². The van der Waals surface area contributed by atoms with Crippen molar-refractivity contribution in [1.82, 2.24) is 9.88 Å². The molecule has 0 aliphatic carbocycles. The number of fused-ring (bicyclic) bond motifs is 1. The van der Waals surface area contributed by atoms with Gasteiger partial charge in [-0.3, -0.25) is 0 Å². The normalized spacial score (nSPS) is 20.1. The average molecular weight is 321 g/mol. The second-order valence-electron chi connectivity index (χ2n) is 5.71. The van der Waals surface area contributed by atoms with E-state index >= 15 is 0 Å².